The third-order valence-electron chi connectivity index (χ3n) is 5.15. The lowest BCUT2D eigenvalue weighted by atomic mass is 10.0. The maximum absolute atomic E-state index is 12.4. The fourth-order valence-electron chi connectivity index (χ4n) is 3.49. The van der Waals surface area contributed by atoms with E-state index >= 15 is 0 Å². The van der Waals surface area contributed by atoms with Crippen LogP contribution in [-0.2, 0) is 9.47 Å². The molecule has 190 valence electrons. The Balaban J connectivity index is 1.70. The second kappa shape index (κ2) is 11.8. The van der Waals surface area contributed by atoms with Crippen LogP contribution >= 0.6 is 0 Å². The van der Waals surface area contributed by atoms with Crippen LogP contribution < -0.4 is 10.1 Å². The molecule has 1 unspecified atom stereocenters. The molecule has 0 fully saturated rings. The number of H-pyrrole nitrogens is 1. The molecule has 2 N–H and O–H groups in total. The van der Waals surface area contributed by atoms with Crippen molar-refractivity contribution < 1.29 is 19.0 Å². The van der Waals surface area contributed by atoms with Crippen molar-refractivity contribution in [3.63, 3.8) is 0 Å². The molecule has 2 heterocycles. The van der Waals surface area contributed by atoms with Crippen LogP contribution in [0.2, 0.25) is 0 Å². The number of aromatic nitrogens is 4. The van der Waals surface area contributed by atoms with E-state index in [0.717, 1.165) is 35.6 Å². The fraction of sp³-hybridized carbons (Fsp3) is 0.520. The van der Waals surface area contributed by atoms with Gasteiger partial charge in [0.25, 0.3) is 0 Å². The Morgan fingerprint density at radius 3 is 2.57 bits per heavy atom. The highest BCUT2D eigenvalue weighted by Crippen LogP contribution is 2.24. The Kier molecular flexibility index (Phi) is 8.86. The van der Waals surface area contributed by atoms with Crippen LogP contribution in [0.25, 0.3) is 11.2 Å². The summed E-state index contributed by atoms with van der Waals surface area (Å²) in [6.07, 6.45) is 3.18. The van der Waals surface area contributed by atoms with Gasteiger partial charge in [-0.15, -0.1) is 0 Å². The lowest BCUT2D eigenvalue weighted by Gasteiger charge is -2.27. The number of likely N-dealkylation sites (N-methyl/N-ethyl adjacent to an activating group) is 1. The highest BCUT2D eigenvalue weighted by atomic mass is 16.6. The highest BCUT2D eigenvalue weighted by Gasteiger charge is 2.24. The summed E-state index contributed by atoms with van der Waals surface area (Å²) in [7, 11) is 3.39. The van der Waals surface area contributed by atoms with Crippen molar-refractivity contribution in [1.29, 1.82) is 0 Å². The molecule has 0 aliphatic rings. The zero-order valence-corrected chi connectivity index (χ0v) is 21.4. The number of rotatable bonds is 11. The quantitative estimate of drug-likeness (QED) is 0.370. The average molecular weight is 485 g/mol. The Morgan fingerprint density at radius 1 is 1.17 bits per heavy atom. The van der Waals surface area contributed by atoms with Crippen LogP contribution in [0.15, 0.2) is 30.5 Å². The molecule has 0 saturated heterocycles. The largest absolute Gasteiger partial charge is 0.491 e. The van der Waals surface area contributed by atoms with Gasteiger partial charge in [0.15, 0.2) is 5.65 Å². The number of nitrogens with one attached hydrogen (secondary N) is 2. The summed E-state index contributed by atoms with van der Waals surface area (Å²) in [6.45, 7) is 9.21. The molecule has 3 rings (SSSR count). The van der Waals surface area contributed by atoms with E-state index in [1.54, 1.807) is 25.3 Å². The number of carbonyl (C=O) groups excluding carboxylic acids is 1. The second-order valence-electron chi connectivity index (χ2n) is 9.39. The van der Waals surface area contributed by atoms with Crippen molar-refractivity contribution in [3.05, 3.63) is 36.3 Å². The molecule has 1 amide bonds. The first-order valence-corrected chi connectivity index (χ1v) is 11.8. The number of nitrogens with zero attached hydrogens (tertiary/aromatic N) is 4. The summed E-state index contributed by atoms with van der Waals surface area (Å²) >= 11 is 0. The van der Waals surface area contributed by atoms with Gasteiger partial charge in [-0.1, -0.05) is 13.3 Å². The van der Waals surface area contributed by atoms with Crippen LogP contribution in [0.1, 0.15) is 52.3 Å². The molecule has 35 heavy (non-hydrogen) atoms. The van der Waals surface area contributed by atoms with E-state index < -0.39 is 5.60 Å². The lowest BCUT2D eigenvalue weighted by Crippen LogP contribution is -2.36. The lowest BCUT2D eigenvalue weighted by molar-refractivity contribution is 0.0286. The zero-order valence-electron chi connectivity index (χ0n) is 21.4. The smallest absolute Gasteiger partial charge is 0.410 e. The van der Waals surface area contributed by atoms with Gasteiger partial charge in [-0.3, -0.25) is 0 Å². The summed E-state index contributed by atoms with van der Waals surface area (Å²) < 4.78 is 16.1. The van der Waals surface area contributed by atoms with Gasteiger partial charge in [-0.05, 0) is 51.5 Å². The van der Waals surface area contributed by atoms with Crippen molar-refractivity contribution in [2.75, 3.05) is 39.2 Å². The van der Waals surface area contributed by atoms with Crippen molar-refractivity contribution >= 4 is 28.9 Å². The van der Waals surface area contributed by atoms with Crippen LogP contribution in [0.5, 0.6) is 5.75 Å². The SMILES string of the molecule is CCCC(CN(C)C(=O)OC(C)(C)C)c1nc2nc(Nc3ccc(OCCOC)cc3)ncc2[nH]1. The molecule has 0 aliphatic carbocycles. The molecule has 10 nitrogen and oxygen atoms in total. The number of fused-ring (bicyclic) bond motifs is 1. The summed E-state index contributed by atoms with van der Waals surface area (Å²) in [5.74, 6) is 2.01. The third-order valence-corrected chi connectivity index (χ3v) is 5.15. The van der Waals surface area contributed by atoms with Crippen LogP contribution in [0.3, 0.4) is 0 Å². The monoisotopic (exact) mass is 484 g/mol. The Hall–Kier alpha value is -3.40. The minimum Gasteiger partial charge on any atom is -0.491 e. The van der Waals surface area contributed by atoms with Crippen LogP contribution in [0, 0.1) is 0 Å². The molecule has 1 atom stereocenters. The van der Waals surface area contributed by atoms with Gasteiger partial charge in [0.2, 0.25) is 5.95 Å². The highest BCUT2D eigenvalue weighted by molar-refractivity contribution is 5.72. The predicted octanol–water partition coefficient (Wildman–Crippen LogP) is 4.87. The number of carbonyl (C=O) groups is 1. The van der Waals surface area contributed by atoms with Gasteiger partial charge in [-0.25, -0.2) is 14.8 Å². The van der Waals surface area contributed by atoms with Gasteiger partial charge < -0.3 is 29.4 Å². The number of methoxy groups -OCH3 is 1. The van der Waals surface area contributed by atoms with Gasteiger partial charge in [0, 0.05) is 32.3 Å². The van der Waals surface area contributed by atoms with E-state index in [-0.39, 0.29) is 12.0 Å². The van der Waals surface area contributed by atoms with E-state index in [1.165, 1.54) is 0 Å². The molecular formula is C25H36N6O4. The molecular weight excluding hydrogens is 448 g/mol. The fourth-order valence-corrected chi connectivity index (χ4v) is 3.49. The Labute approximate surface area is 206 Å². The number of anilines is 2. The zero-order chi connectivity index (χ0) is 25.4. The number of imidazole rings is 1. The summed E-state index contributed by atoms with van der Waals surface area (Å²) in [5, 5.41) is 3.20. The van der Waals surface area contributed by atoms with E-state index in [1.807, 2.05) is 45.0 Å². The molecule has 3 aromatic rings. The number of aromatic amines is 1. The number of benzene rings is 1. The molecule has 0 bridgehead atoms. The maximum Gasteiger partial charge on any atom is 0.410 e. The first-order chi connectivity index (χ1) is 16.7. The number of ether oxygens (including phenoxy) is 3. The van der Waals surface area contributed by atoms with Crippen LogP contribution in [-0.4, -0.2) is 70.4 Å². The van der Waals surface area contributed by atoms with E-state index in [2.05, 4.69) is 27.2 Å². The Morgan fingerprint density at radius 2 is 1.91 bits per heavy atom. The molecule has 1 aromatic carbocycles. The standard InChI is InChI=1S/C25H36N6O4/c1-7-8-17(16-31(5)24(32)35-25(2,3)4)21-28-20-15-26-23(30-22(20)29-21)27-18-9-11-19(12-10-18)34-14-13-33-6/h9-12,15,17H,7-8,13-14,16H2,1-6H3,(H2,26,27,28,29,30). The summed E-state index contributed by atoms with van der Waals surface area (Å²) in [4.78, 5) is 31.0. The minimum atomic E-state index is -0.540. The van der Waals surface area contributed by atoms with E-state index in [4.69, 9.17) is 19.2 Å². The minimum absolute atomic E-state index is 0.0220. The van der Waals surface area contributed by atoms with Crippen molar-refractivity contribution in [2.24, 2.45) is 0 Å². The topological polar surface area (TPSA) is 114 Å². The summed E-state index contributed by atoms with van der Waals surface area (Å²) in [5.41, 5.74) is 1.61. The van der Waals surface area contributed by atoms with E-state index in [9.17, 15) is 4.79 Å². The normalized spacial score (nSPS) is 12.4. The second-order valence-corrected chi connectivity index (χ2v) is 9.39. The van der Waals surface area contributed by atoms with Gasteiger partial charge in [0.1, 0.15) is 29.3 Å². The van der Waals surface area contributed by atoms with Crippen molar-refractivity contribution in [3.8, 4) is 5.75 Å². The molecule has 0 aliphatic heterocycles. The number of hydrogen-bond acceptors (Lipinski definition) is 8. The predicted molar refractivity (Wildman–Crippen MR) is 135 cm³/mol. The van der Waals surface area contributed by atoms with Gasteiger partial charge in [0.05, 0.1) is 12.8 Å². The van der Waals surface area contributed by atoms with Crippen LogP contribution in [0.4, 0.5) is 16.4 Å². The third kappa shape index (κ3) is 7.81. The van der Waals surface area contributed by atoms with Gasteiger partial charge >= 0.3 is 6.09 Å². The van der Waals surface area contributed by atoms with Gasteiger partial charge in [-0.2, -0.15) is 4.98 Å². The molecule has 10 heteroatoms. The maximum atomic E-state index is 12.4. The molecule has 0 radical (unpaired) electrons. The number of amides is 1. The first-order valence-electron chi connectivity index (χ1n) is 11.8. The number of hydrogen-bond donors (Lipinski definition) is 2. The molecule has 0 spiro atoms. The molecule has 0 saturated carbocycles. The molecule has 2 aromatic heterocycles. The Bertz CT molecular complexity index is 1090. The average Bonchev–Trinajstić information content (AvgIpc) is 3.22. The van der Waals surface area contributed by atoms with Crippen molar-refractivity contribution in [2.45, 2.75) is 52.1 Å². The van der Waals surface area contributed by atoms with Crippen molar-refractivity contribution in [1.82, 2.24) is 24.8 Å². The summed E-state index contributed by atoms with van der Waals surface area (Å²) in [6, 6.07) is 7.55. The first kappa shape index (κ1) is 26.2. The van der Waals surface area contributed by atoms with E-state index in [0.29, 0.717) is 31.4 Å².